The summed E-state index contributed by atoms with van der Waals surface area (Å²) in [6, 6.07) is 33.6. The lowest BCUT2D eigenvalue weighted by molar-refractivity contribution is 0.915. The highest BCUT2D eigenvalue weighted by Gasteiger charge is 2.18. The van der Waals surface area contributed by atoms with E-state index in [1.807, 2.05) is 53.8 Å². The number of rotatable bonds is 3. The SMILES string of the molecule is ClC1=NC(c2ccccc2)=NC(c2ccccc2-c2ccc3sc4ccccc4c3c2)C=C1. The first kappa shape index (κ1) is 20.1. The van der Waals surface area contributed by atoms with Crippen LogP contribution in [-0.4, -0.2) is 11.0 Å². The maximum Gasteiger partial charge on any atom is 0.157 e. The van der Waals surface area contributed by atoms with Crippen molar-refractivity contribution in [3.63, 3.8) is 0 Å². The van der Waals surface area contributed by atoms with Crippen LogP contribution in [0.4, 0.5) is 0 Å². The van der Waals surface area contributed by atoms with Crippen molar-refractivity contribution in [1.82, 2.24) is 0 Å². The molecule has 0 N–H and O–H groups in total. The molecule has 1 unspecified atom stereocenters. The van der Waals surface area contributed by atoms with E-state index in [2.05, 4.69) is 71.7 Å². The number of hydrogen-bond donors (Lipinski definition) is 0. The summed E-state index contributed by atoms with van der Waals surface area (Å²) in [5.41, 5.74) is 4.43. The molecule has 0 saturated heterocycles. The molecule has 0 spiro atoms. The summed E-state index contributed by atoms with van der Waals surface area (Å²) in [5.74, 6) is 0.643. The van der Waals surface area contributed by atoms with Crippen LogP contribution in [0.15, 0.2) is 119 Å². The molecule has 1 atom stereocenters. The smallest absolute Gasteiger partial charge is 0.157 e. The first-order valence-electron chi connectivity index (χ1n) is 10.8. The van der Waals surface area contributed by atoms with Crippen LogP contribution in [0, 0.1) is 0 Å². The number of aliphatic imine (C=N–C) groups is 2. The molecule has 158 valence electrons. The monoisotopic (exact) mass is 462 g/mol. The van der Waals surface area contributed by atoms with Gasteiger partial charge in [-0.15, -0.1) is 11.3 Å². The van der Waals surface area contributed by atoms with Gasteiger partial charge in [-0.2, -0.15) is 0 Å². The Bertz CT molecular complexity index is 1580. The number of fused-ring (bicyclic) bond motifs is 3. The molecule has 4 heteroatoms. The van der Waals surface area contributed by atoms with E-state index in [1.54, 1.807) is 0 Å². The van der Waals surface area contributed by atoms with Gasteiger partial charge in [0.15, 0.2) is 5.84 Å². The van der Waals surface area contributed by atoms with Gasteiger partial charge in [0.1, 0.15) is 5.17 Å². The second kappa shape index (κ2) is 8.43. The van der Waals surface area contributed by atoms with Gasteiger partial charge in [-0.3, -0.25) is 4.99 Å². The predicted molar refractivity (Wildman–Crippen MR) is 143 cm³/mol. The summed E-state index contributed by atoms with van der Waals surface area (Å²) in [5, 5.41) is 3.03. The van der Waals surface area contributed by atoms with Crippen LogP contribution in [0.1, 0.15) is 17.2 Å². The maximum atomic E-state index is 6.37. The first-order chi connectivity index (χ1) is 16.3. The molecule has 6 rings (SSSR count). The van der Waals surface area contributed by atoms with E-state index in [0.717, 1.165) is 11.1 Å². The lowest BCUT2D eigenvalue weighted by Gasteiger charge is -2.15. The molecule has 2 nitrogen and oxygen atoms in total. The fourth-order valence-corrected chi connectivity index (χ4v) is 5.56. The number of nitrogens with zero attached hydrogens (tertiary/aromatic N) is 2. The van der Waals surface area contributed by atoms with Crippen molar-refractivity contribution in [2.24, 2.45) is 9.98 Å². The normalized spacial score (nSPS) is 16.0. The van der Waals surface area contributed by atoms with E-state index in [0.29, 0.717) is 11.0 Å². The largest absolute Gasteiger partial charge is 0.254 e. The molecule has 1 aliphatic rings. The third-order valence-corrected chi connectivity index (χ3v) is 7.25. The highest BCUT2D eigenvalue weighted by Crippen LogP contribution is 2.38. The lowest BCUT2D eigenvalue weighted by Crippen LogP contribution is -2.02. The highest BCUT2D eigenvalue weighted by atomic mass is 35.5. The summed E-state index contributed by atoms with van der Waals surface area (Å²) < 4.78 is 2.62. The Labute approximate surface area is 201 Å². The van der Waals surface area contributed by atoms with E-state index in [1.165, 1.54) is 31.3 Å². The molecule has 0 saturated carbocycles. The zero-order valence-electron chi connectivity index (χ0n) is 17.7. The average molecular weight is 463 g/mol. The molecule has 1 aromatic heterocycles. The van der Waals surface area contributed by atoms with E-state index in [-0.39, 0.29) is 6.04 Å². The minimum atomic E-state index is -0.189. The Morgan fingerprint density at radius 2 is 1.45 bits per heavy atom. The van der Waals surface area contributed by atoms with E-state index in [9.17, 15) is 0 Å². The second-order valence-electron chi connectivity index (χ2n) is 7.95. The lowest BCUT2D eigenvalue weighted by atomic mass is 9.94. The molecule has 0 amide bonds. The summed E-state index contributed by atoms with van der Waals surface area (Å²) in [6.45, 7) is 0. The van der Waals surface area contributed by atoms with Crippen LogP contribution < -0.4 is 0 Å². The number of hydrogen-bond acceptors (Lipinski definition) is 3. The van der Waals surface area contributed by atoms with Crippen molar-refractivity contribution in [3.8, 4) is 11.1 Å². The molecule has 2 heterocycles. The fraction of sp³-hybridized carbons (Fsp3) is 0.0345. The Morgan fingerprint density at radius 1 is 0.697 bits per heavy atom. The standard InChI is InChI=1S/C29H19ClN2S/c30-28-17-15-25(31-29(32-28)19-8-2-1-3-9-19)22-11-5-4-10-21(22)20-14-16-27-24(18-20)23-12-6-7-13-26(23)33-27/h1-18,25H. The van der Waals surface area contributed by atoms with E-state index in [4.69, 9.17) is 16.6 Å². The van der Waals surface area contributed by atoms with E-state index < -0.39 is 0 Å². The van der Waals surface area contributed by atoms with Gasteiger partial charge in [0.25, 0.3) is 0 Å². The summed E-state index contributed by atoms with van der Waals surface area (Å²) in [6.07, 6.45) is 3.87. The fourth-order valence-electron chi connectivity index (χ4n) is 4.32. The van der Waals surface area contributed by atoms with Crippen LogP contribution in [0.2, 0.25) is 0 Å². The van der Waals surface area contributed by atoms with Crippen LogP contribution in [0.5, 0.6) is 0 Å². The number of benzene rings is 4. The number of halogens is 1. The number of allylic oxidation sites excluding steroid dienone is 1. The molecule has 4 aromatic carbocycles. The molecular weight excluding hydrogens is 444 g/mol. The van der Waals surface area contributed by atoms with Gasteiger partial charge in [-0.05, 0) is 41.0 Å². The van der Waals surface area contributed by atoms with Crippen LogP contribution in [-0.2, 0) is 0 Å². The Balaban J connectivity index is 1.49. The zero-order chi connectivity index (χ0) is 22.2. The van der Waals surface area contributed by atoms with Gasteiger partial charge in [0.05, 0.1) is 6.04 Å². The van der Waals surface area contributed by atoms with Gasteiger partial charge < -0.3 is 0 Å². The van der Waals surface area contributed by atoms with Crippen molar-refractivity contribution >= 4 is 54.1 Å². The molecule has 0 fully saturated rings. The zero-order valence-corrected chi connectivity index (χ0v) is 19.2. The molecule has 0 radical (unpaired) electrons. The molecule has 1 aliphatic heterocycles. The number of amidine groups is 1. The Hall–Kier alpha value is -3.53. The Morgan fingerprint density at radius 3 is 2.36 bits per heavy atom. The van der Waals surface area contributed by atoms with Gasteiger partial charge in [0, 0.05) is 25.7 Å². The molecular formula is C29H19ClN2S. The molecule has 33 heavy (non-hydrogen) atoms. The number of thiophene rings is 1. The quantitative estimate of drug-likeness (QED) is 0.257. The van der Waals surface area contributed by atoms with Crippen molar-refractivity contribution in [3.05, 3.63) is 120 Å². The van der Waals surface area contributed by atoms with Gasteiger partial charge in [0.2, 0.25) is 0 Å². The van der Waals surface area contributed by atoms with E-state index >= 15 is 0 Å². The summed E-state index contributed by atoms with van der Waals surface area (Å²) in [4.78, 5) is 9.55. The minimum Gasteiger partial charge on any atom is -0.254 e. The van der Waals surface area contributed by atoms with Crippen molar-refractivity contribution in [2.45, 2.75) is 6.04 Å². The molecule has 5 aromatic rings. The van der Waals surface area contributed by atoms with Crippen molar-refractivity contribution < 1.29 is 0 Å². The third kappa shape index (κ3) is 3.80. The first-order valence-corrected chi connectivity index (χ1v) is 12.0. The van der Waals surface area contributed by atoms with Crippen LogP contribution in [0.25, 0.3) is 31.3 Å². The topological polar surface area (TPSA) is 24.7 Å². The van der Waals surface area contributed by atoms with Gasteiger partial charge >= 0.3 is 0 Å². The minimum absolute atomic E-state index is 0.189. The van der Waals surface area contributed by atoms with Gasteiger partial charge in [-0.1, -0.05) is 96.5 Å². The summed E-state index contributed by atoms with van der Waals surface area (Å²) >= 11 is 8.20. The van der Waals surface area contributed by atoms with Crippen LogP contribution >= 0.6 is 22.9 Å². The maximum absolute atomic E-state index is 6.37. The Kier molecular flexibility index (Phi) is 5.14. The summed E-state index contributed by atoms with van der Waals surface area (Å²) in [7, 11) is 0. The van der Waals surface area contributed by atoms with Crippen LogP contribution in [0.3, 0.4) is 0 Å². The predicted octanol–water partition coefficient (Wildman–Crippen LogP) is 8.42. The van der Waals surface area contributed by atoms with Crippen molar-refractivity contribution in [1.29, 1.82) is 0 Å². The highest BCUT2D eigenvalue weighted by molar-refractivity contribution is 7.25. The van der Waals surface area contributed by atoms with Gasteiger partial charge in [-0.25, -0.2) is 4.99 Å². The molecule has 0 bridgehead atoms. The molecule has 0 aliphatic carbocycles. The average Bonchev–Trinajstić information content (AvgIpc) is 3.12. The van der Waals surface area contributed by atoms with Crippen molar-refractivity contribution in [2.75, 3.05) is 0 Å². The third-order valence-electron chi connectivity index (χ3n) is 5.89. The second-order valence-corrected chi connectivity index (χ2v) is 9.42.